The average molecular weight is 646 g/mol. The minimum absolute atomic E-state index is 0.394. The van der Waals surface area contributed by atoms with Gasteiger partial charge in [-0.2, -0.15) is 0 Å². The Morgan fingerprint density at radius 1 is 0.543 bits per heavy atom. The number of unbranched alkanes of at least 4 members (excludes halogenated alkanes) is 19. The van der Waals surface area contributed by atoms with E-state index in [9.17, 15) is 0 Å². The summed E-state index contributed by atoms with van der Waals surface area (Å²) in [6.07, 6.45) is 42.5. The molecule has 0 aliphatic heterocycles. The molecule has 1 nitrogen and oxygen atoms in total. The standard InChI is InChI=1S/C26H51N.C19H40/c1-7-9-10-11-12-15-18-22-27(21-8-2)23-19-16-13-14-17-20-25(3)24-26(4,5)6;1-4-7-9-11-13-15-17-19(6-3)18-16-14-12-10-8-5-2/h7H,1,3,8-24H2,2,4-6H3;19H,4-18H2,1-3H3. The van der Waals surface area contributed by atoms with Gasteiger partial charge >= 0.3 is 0 Å². The Morgan fingerprint density at radius 2 is 0.978 bits per heavy atom. The van der Waals surface area contributed by atoms with Crippen LogP contribution in [0, 0.1) is 11.3 Å². The molecule has 0 aliphatic carbocycles. The van der Waals surface area contributed by atoms with Crippen LogP contribution in [0.15, 0.2) is 24.8 Å². The Morgan fingerprint density at radius 3 is 1.41 bits per heavy atom. The lowest BCUT2D eigenvalue weighted by Crippen LogP contribution is -2.27. The Labute approximate surface area is 294 Å². The second-order valence-corrected chi connectivity index (χ2v) is 16.1. The van der Waals surface area contributed by atoms with E-state index in [0.717, 1.165) is 5.92 Å². The number of hydrogen-bond donors (Lipinski definition) is 0. The molecule has 0 unspecified atom stereocenters. The highest BCUT2D eigenvalue weighted by atomic mass is 15.1. The van der Waals surface area contributed by atoms with Crippen molar-refractivity contribution in [3.63, 3.8) is 0 Å². The SMILES string of the molecule is C=CCCCCCCCN(CCC)CCCCCCCC(=C)CC(C)(C)C.CCCCCCCCC(CC)CCCCCCCC. The Bertz CT molecular complexity index is 583. The van der Waals surface area contributed by atoms with Crippen LogP contribution in [0.3, 0.4) is 0 Å². The summed E-state index contributed by atoms with van der Waals surface area (Å²) in [5.74, 6) is 1.03. The van der Waals surface area contributed by atoms with Crippen LogP contribution in [-0.4, -0.2) is 24.5 Å². The summed E-state index contributed by atoms with van der Waals surface area (Å²) < 4.78 is 0. The molecule has 46 heavy (non-hydrogen) atoms. The van der Waals surface area contributed by atoms with E-state index in [1.807, 2.05) is 6.08 Å². The second kappa shape index (κ2) is 37.3. The van der Waals surface area contributed by atoms with Gasteiger partial charge < -0.3 is 4.90 Å². The lowest BCUT2D eigenvalue weighted by atomic mass is 9.87. The zero-order chi connectivity index (χ0) is 34.6. The first-order valence-corrected chi connectivity index (χ1v) is 21.2. The highest BCUT2D eigenvalue weighted by molar-refractivity contribution is 4.97. The van der Waals surface area contributed by atoms with Crippen molar-refractivity contribution >= 4 is 0 Å². The van der Waals surface area contributed by atoms with Crippen molar-refractivity contribution in [3.05, 3.63) is 24.8 Å². The van der Waals surface area contributed by atoms with Crippen LogP contribution < -0.4 is 0 Å². The molecule has 0 atom stereocenters. The van der Waals surface area contributed by atoms with Gasteiger partial charge in [-0.1, -0.05) is 202 Å². The molecule has 0 fully saturated rings. The van der Waals surface area contributed by atoms with E-state index < -0.39 is 0 Å². The van der Waals surface area contributed by atoms with Gasteiger partial charge in [0.2, 0.25) is 0 Å². The summed E-state index contributed by atoms with van der Waals surface area (Å²) in [6, 6.07) is 0. The topological polar surface area (TPSA) is 3.24 Å². The zero-order valence-corrected chi connectivity index (χ0v) is 33.6. The first kappa shape index (κ1) is 47.6. The summed E-state index contributed by atoms with van der Waals surface area (Å²) in [7, 11) is 0. The summed E-state index contributed by atoms with van der Waals surface area (Å²) in [5.41, 5.74) is 1.84. The molecule has 0 rings (SSSR count). The van der Waals surface area contributed by atoms with E-state index in [1.54, 1.807) is 0 Å². The molecular formula is C45H91N. The van der Waals surface area contributed by atoms with Crippen LogP contribution in [0.4, 0.5) is 0 Å². The first-order valence-electron chi connectivity index (χ1n) is 21.2. The molecule has 0 heterocycles. The Hall–Kier alpha value is -0.560. The van der Waals surface area contributed by atoms with Crippen molar-refractivity contribution in [1.29, 1.82) is 0 Å². The van der Waals surface area contributed by atoms with Crippen LogP contribution in [-0.2, 0) is 0 Å². The fourth-order valence-corrected chi connectivity index (χ4v) is 6.86. The quantitative estimate of drug-likeness (QED) is 0.0497. The van der Waals surface area contributed by atoms with Gasteiger partial charge in [0.05, 0.1) is 0 Å². The summed E-state index contributed by atoms with van der Waals surface area (Å²) in [5, 5.41) is 0. The van der Waals surface area contributed by atoms with Crippen molar-refractivity contribution < 1.29 is 0 Å². The third-order valence-corrected chi connectivity index (χ3v) is 9.72. The maximum Gasteiger partial charge on any atom is -0.00187 e. The van der Waals surface area contributed by atoms with E-state index in [0.29, 0.717) is 5.41 Å². The summed E-state index contributed by atoms with van der Waals surface area (Å²) in [4.78, 5) is 2.70. The number of nitrogens with zero attached hydrogens (tertiary/aromatic N) is 1. The van der Waals surface area contributed by atoms with Gasteiger partial charge in [0, 0.05) is 0 Å². The number of rotatable bonds is 34. The smallest absolute Gasteiger partial charge is 0.00187 e. The predicted octanol–water partition coefficient (Wildman–Crippen LogP) is 16.1. The minimum atomic E-state index is 0.394. The molecule has 0 aromatic rings. The molecule has 0 saturated carbocycles. The van der Waals surface area contributed by atoms with Crippen LogP contribution in [0.1, 0.15) is 235 Å². The van der Waals surface area contributed by atoms with Crippen molar-refractivity contribution in [2.45, 2.75) is 235 Å². The van der Waals surface area contributed by atoms with Gasteiger partial charge in [0.25, 0.3) is 0 Å². The van der Waals surface area contributed by atoms with E-state index in [1.165, 1.54) is 211 Å². The van der Waals surface area contributed by atoms with Crippen LogP contribution in [0.5, 0.6) is 0 Å². The summed E-state index contributed by atoms with van der Waals surface area (Å²) >= 11 is 0. The fraction of sp³-hybridized carbons (Fsp3) is 0.911. The molecule has 0 spiro atoms. The highest BCUT2D eigenvalue weighted by Gasteiger charge is 2.11. The average Bonchev–Trinajstić information content (AvgIpc) is 3.01. The molecule has 0 amide bonds. The maximum absolute atomic E-state index is 4.26. The molecule has 0 radical (unpaired) electrons. The Kier molecular flexibility index (Phi) is 38.5. The molecule has 0 bridgehead atoms. The van der Waals surface area contributed by atoms with E-state index in [4.69, 9.17) is 0 Å². The second-order valence-electron chi connectivity index (χ2n) is 16.1. The fourth-order valence-electron chi connectivity index (χ4n) is 6.86. The molecule has 0 aliphatic rings. The van der Waals surface area contributed by atoms with Gasteiger partial charge in [0.15, 0.2) is 0 Å². The lowest BCUT2D eigenvalue weighted by molar-refractivity contribution is 0.260. The van der Waals surface area contributed by atoms with E-state index in [2.05, 4.69) is 66.5 Å². The molecule has 0 aromatic heterocycles. The maximum atomic E-state index is 4.26. The van der Waals surface area contributed by atoms with Gasteiger partial charge in [0.1, 0.15) is 0 Å². The first-order chi connectivity index (χ1) is 22.2. The van der Waals surface area contributed by atoms with Crippen molar-refractivity contribution in [1.82, 2.24) is 4.90 Å². The van der Waals surface area contributed by atoms with Crippen LogP contribution >= 0.6 is 0 Å². The van der Waals surface area contributed by atoms with Crippen molar-refractivity contribution in [3.8, 4) is 0 Å². The third-order valence-electron chi connectivity index (χ3n) is 9.72. The molecule has 276 valence electrons. The number of hydrogen-bond acceptors (Lipinski definition) is 1. The largest absolute Gasteiger partial charge is 0.303 e. The highest BCUT2D eigenvalue weighted by Crippen LogP contribution is 2.26. The number of allylic oxidation sites excluding steroid dienone is 2. The molecule has 0 saturated heterocycles. The molecule has 0 N–H and O–H groups in total. The van der Waals surface area contributed by atoms with Gasteiger partial charge in [-0.3, -0.25) is 0 Å². The van der Waals surface area contributed by atoms with Crippen molar-refractivity contribution in [2.24, 2.45) is 11.3 Å². The molecule has 0 aromatic carbocycles. The molecule has 1 heteroatoms. The lowest BCUT2D eigenvalue weighted by Gasteiger charge is -2.21. The summed E-state index contributed by atoms with van der Waals surface area (Å²) in [6.45, 7) is 28.2. The predicted molar refractivity (Wildman–Crippen MR) is 215 cm³/mol. The van der Waals surface area contributed by atoms with Crippen molar-refractivity contribution in [2.75, 3.05) is 19.6 Å². The Balaban J connectivity index is 0. The normalized spacial score (nSPS) is 11.7. The van der Waals surface area contributed by atoms with E-state index >= 15 is 0 Å². The van der Waals surface area contributed by atoms with Crippen LogP contribution in [0.25, 0.3) is 0 Å². The molecular weight excluding hydrogens is 555 g/mol. The van der Waals surface area contributed by atoms with Crippen LogP contribution in [0.2, 0.25) is 0 Å². The minimum Gasteiger partial charge on any atom is -0.303 e. The van der Waals surface area contributed by atoms with Gasteiger partial charge in [-0.25, -0.2) is 0 Å². The van der Waals surface area contributed by atoms with Gasteiger partial charge in [-0.05, 0) is 82.3 Å². The van der Waals surface area contributed by atoms with Gasteiger partial charge in [-0.15, -0.1) is 6.58 Å². The van der Waals surface area contributed by atoms with E-state index in [-0.39, 0.29) is 0 Å². The third kappa shape index (κ3) is 39.6. The monoisotopic (exact) mass is 646 g/mol. The zero-order valence-electron chi connectivity index (χ0n) is 33.6.